The molecule has 0 fully saturated rings. The van der Waals surface area contributed by atoms with Crippen LogP contribution in [-0.4, -0.2) is 17.2 Å². The number of aryl methyl sites for hydroxylation is 1. The lowest BCUT2D eigenvalue weighted by Crippen LogP contribution is -2.33. The van der Waals surface area contributed by atoms with Crippen LogP contribution in [0.2, 0.25) is 0 Å². The molecule has 78 valence electrons. The van der Waals surface area contributed by atoms with E-state index in [1.807, 2.05) is 0 Å². The van der Waals surface area contributed by atoms with Crippen molar-refractivity contribution >= 4 is 5.69 Å². The molecule has 2 nitrogen and oxygen atoms in total. The van der Waals surface area contributed by atoms with E-state index in [0.717, 1.165) is 12.5 Å². The Morgan fingerprint density at radius 1 is 1.43 bits per heavy atom. The van der Waals surface area contributed by atoms with Crippen LogP contribution in [0.3, 0.4) is 0 Å². The molecule has 1 atom stereocenters. The van der Waals surface area contributed by atoms with Crippen LogP contribution in [0.5, 0.6) is 0 Å². The Morgan fingerprint density at radius 3 is 2.57 bits per heavy atom. The maximum Gasteiger partial charge on any atom is 0.408 e. The minimum absolute atomic E-state index is 0.414. The largest absolute Gasteiger partial charge is 0.408 e. The van der Waals surface area contributed by atoms with Crippen LogP contribution < -0.4 is 5.32 Å². The zero-order valence-electron chi connectivity index (χ0n) is 7.89. The zero-order valence-corrected chi connectivity index (χ0v) is 7.89. The van der Waals surface area contributed by atoms with Crippen LogP contribution in [-0.2, 0) is 0 Å². The van der Waals surface area contributed by atoms with Gasteiger partial charge in [0.2, 0.25) is 0 Å². The normalized spacial score (nSPS) is 13.8. The van der Waals surface area contributed by atoms with Crippen molar-refractivity contribution in [1.29, 1.82) is 0 Å². The zero-order chi connectivity index (χ0) is 10.8. The van der Waals surface area contributed by atoms with Gasteiger partial charge in [0.1, 0.15) is 6.04 Å². The summed E-state index contributed by atoms with van der Waals surface area (Å²) >= 11 is 0. The molecule has 0 amide bonds. The van der Waals surface area contributed by atoms with Crippen LogP contribution in [0.4, 0.5) is 18.9 Å². The van der Waals surface area contributed by atoms with Gasteiger partial charge < -0.3 is 5.32 Å². The van der Waals surface area contributed by atoms with Crippen LogP contribution in [0, 0.1) is 6.92 Å². The SMILES string of the molecule is Cc1ccncc1NC(C)C(F)(F)F. The molecule has 1 unspecified atom stereocenters. The predicted molar refractivity (Wildman–Crippen MR) is 48.1 cm³/mol. The summed E-state index contributed by atoms with van der Waals surface area (Å²) in [6.07, 6.45) is -1.31. The van der Waals surface area contributed by atoms with Crippen molar-refractivity contribution in [1.82, 2.24) is 4.98 Å². The molecule has 0 saturated carbocycles. The van der Waals surface area contributed by atoms with Crippen molar-refractivity contribution in [3.63, 3.8) is 0 Å². The first-order valence-electron chi connectivity index (χ1n) is 4.15. The molecule has 0 saturated heterocycles. The topological polar surface area (TPSA) is 24.9 Å². The number of anilines is 1. The summed E-state index contributed by atoms with van der Waals surface area (Å²) in [5.74, 6) is 0. The van der Waals surface area contributed by atoms with E-state index in [1.54, 1.807) is 19.2 Å². The maximum absolute atomic E-state index is 12.2. The molecule has 0 aliphatic heterocycles. The van der Waals surface area contributed by atoms with Crippen LogP contribution in [0.15, 0.2) is 18.5 Å². The second kappa shape index (κ2) is 3.86. The van der Waals surface area contributed by atoms with Crippen molar-refractivity contribution < 1.29 is 13.2 Å². The first-order valence-corrected chi connectivity index (χ1v) is 4.15. The van der Waals surface area contributed by atoms with Gasteiger partial charge in [-0.1, -0.05) is 0 Å². The van der Waals surface area contributed by atoms with Gasteiger partial charge in [0.05, 0.1) is 11.9 Å². The summed E-state index contributed by atoms with van der Waals surface area (Å²) < 4.78 is 36.6. The Kier molecular flexibility index (Phi) is 2.98. The number of nitrogens with one attached hydrogen (secondary N) is 1. The van der Waals surface area contributed by atoms with Crippen LogP contribution >= 0.6 is 0 Å². The molecule has 14 heavy (non-hydrogen) atoms. The average molecular weight is 204 g/mol. The van der Waals surface area contributed by atoms with E-state index in [1.165, 1.54) is 6.20 Å². The van der Waals surface area contributed by atoms with E-state index in [-0.39, 0.29) is 0 Å². The molecule has 0 radical (unpaired) electrons. The van der Waals surface area contributed by atoms with E-state index in [4.69, 9.17) is 0 Å². The number of nitrogens with zero attached hydrogens (tertiary/aromatic N) is 1. The molecule has 1 aromatic heterocycles. The molecule has 1 rings (SSSR count). The number of alkyl halides is 3. The quantitative estimate of drug-likeness (QED) is 0.801. The summed E-state index contributed by atoms with van der Waals surface area (Å²) in [4.78, 5) is 3.75. The fourth-order valence-electron chi connectivity index (χ4n) is 0.930. The molecule has 0 aromatic carbocycles. The van der Waals surface area contributed by atoms with Crippen LogP contribution in [0.25, 0.3) is 0 Å². The van der Waals surface area contributed by atoms with Gasteiger partial charge in [-0.2, -0.15) is 13.2 Å². The number of halogens is 3. The van der Waals surface area contributed by atoms with Crippen molar-refractivity contribution in [2.45, 2.75) is 26.1 Å². The molecule has 0 bridgehead atoms. The fraction of sp³-hybridized carbons (Fsp3) is 0.444. The number of rotatable bonds is 2. The molecule has 1 N–H and O–H groups in total. The van der Waals surface area contributed by atoms with E-state index in [2.05, 4.69) is 10.3 Å². The van der Waals surface area contributed by atoms with Crippen molar-refractivity contribution in [2.24, 2.45) is 0 Å². The molecule has 0 spiro atoms. The van der Waals surface area contributed by atoms with Crippen molar-refractivity contribution in [3.05, 3.63) is 24.0 Å². The highest BCUT2D eigenvalue weighted by atomic mass is 19.4. The lowest BCUT2D eigenvalue weighted by atomic mass is 10.2. The van der Waals surface area contributed by atoms with E-state index >= 15 is 0 Å². The summed E-state index contributed by atoms with van der Waals surface area (Å²) in [5, 5.41) is 2.36. The first-order chi connectivity index (χ1) is 6.41. The van der Waals surface area contributed by atoms with Crippen molar-refractivity contribution in [3.8, 4) is 0 Å². The number of aromatic nitrogens is 1. The van der Waals surface area contributed by atoms with Crippen LogP contribution in [0.1, 0.15) is 12.5 Å². The molecule has 5 heteroatoms. The monoisotopic (exact) mass is 204 g/mol. The van der Waals surface area contributed by atoms with Crippen molar-refractivity contribution in [2.75, 3.05) is 5.32 Å². The van der Waals surface area contributed by atoms with Gasteiger partial charge in [-0.05, 0) is 25.5 Å². The van der Waals surface area contributed by atoms with E-state index in [0.29, 0.717) is 5.69 Å². The van der Waals surface area contributed by atoms with Gasteiger partial charge in [-0.25, -0.2) is 0 Å². The van der Waals surface area contributed by atoms with Gasteiger partial charge in [-0.15, -0.1) is 0 Å². The number of hydrogen-bond donors (Lipinski definition) is 1. The van der Waals surface area contributed by atoms with Gasteiger partial charge in [0.25, 0.3) is 0 Å². The average Bonchev–Trinajstić information content (AvgIpc) is 2.07. The minimum Gasteiger partial charge on any atom is -0.373 e. The lowest BCUT2D eigenvalue weighted by Gasteiger charge is -2.19. The summed E-state index contributed by atoms with van der Waals surface area (Å²) in [7, 11) is 0. The second-order valence-electron chi connectivity index (χ2n) is 3.10. The highest BCUT2D eigenvalue weighted by molar-refractivity contribution is 5.48. The minimum atomic E-state index is -4.23. The predicted octanol–water partition coefficient (Wildman–Crippen LogP) is 2.75. The summed E-state index contributed by atoms with van der Waals surface area (Å²) in [6.45, 7) is 2.81. The van der Waals surface area contributed by atoms with E-state index < -0.39 is 12.2 Å². The molecular formula is C9H11F3N2. The third kappa shape index (κ3) is 2.61. The number of pyridine rings is 1. The molecule has 0 aliphatic rings. The second-order valence-corrected chi connectivity index (χ2v) is 3.10. The highest BCUT2D eigenvalue weighted by Gasteiger charge is 2.36. The summed E-state index contributed by atoms with van der Waals surface area (Å²) in [5.41, 5.74) is 1.16. The molecular weight excluding hydrogens is 193 g/mol. The van der Waals surface area contributed by atoms with Gasteiger partial charge >= 0.3 is 6.18 Å². The number of hydrogen-bond acceptors (Lipinski definition) is 2. The fourth-order valence-corrected chi connectivity index (χ4v) is 0.930. The summed E-state index contributed by atoms with van der Waals surface area (Å²) in [6, 6.07) is 0.0937. The Morgan fingerprint density at radius 2 is 2.07 bits per heavy atom. The van der Waals surface area contributed by atoms with Gasteiger partial charge in [0.15, 0.2) is 0 Å². The Bertz CT molecular complexity index is 309. The van der Waals surface area contributed by atoms with Gasteiger partial charge in [-0.3, -0.25) is 4.98 Å². The third-order valence-corrected chi connectivity index (χ3v) is 1.90. The van der Waals surface area contributed by atoms with Gasteiger partial charge in [0, 0.05) is 6.20 Å². The lowest BCUT2D eigenvalue weighted by molar-refractivity contribution is -0.138. The Balaban J connectivity index is 2.75. The maximum atomic E-state index is 12.2. The van der Waals surface area contributed by atoms with E-state index in [9.17, 15) is 13.2 Å². The molecule has 1 heterocycles. The molecule has 0 aliphatic carbocycles. The third-order valence-electron chi connectivity index (χ3n) is 1.90. The molecule has 1 aromatic rings. The standard InChI is InChI=1S/C9H11F3N2/c1-6-3-4-13-5-8(6)14-7(2)9(10,11)12/h3-5,7,14H,1-2H3. The highest BCUT2D eigenvalue weighted by Crippen LogP contribution is 2.24. The first kappa shape index (κ1) is 10.8. The Hall–Kier alpha value is -1.26. The Labute approximate surface area is 80.2 Å². The smallest absolute Gasteiger partial charge is 0.373 e.